The maximum Gasteiger partial charge on any atom is 0.246 e. The van der Waals surface area contributed by atoms with Crippen molar-refractivity contribution in [2.45, 2.75) is 17.4 Å². The Bertz CT molecular complexity index is 585. The molecule has 0 aromatic heterocycles. The van der Waals surface area contributed by atoms with Crippen molar-refractivity contribution >= 4 is 38.4 Å². The maximum atomic E-state index is 13.6. The minimum absolute atomic E-state index is 0. The molecule has 0 saturated carbocycles. The Labute approximate surface area is 124 Å². The zero-order valence-electron chi connectivity index (χ0n) is 9.64. The second-order valence-corrected chi connectivity index (χ2v) is 6.87. The summed E-state index contributed by atoms with van der Waals surface area (Å²) < 4.78 is 52.0. The van der Waals surface area contributed by atoms with Crippen LogP contribution >= 0.6 is 28.3 Å². The van der Waals surface area contributed by atoms with Gasteiger partial charge in [-0.2, -0.15) is 4.31 Å². The van der Waals surface area contributed by atoms with Crippen molar-refractivity contribution in [3.05, 3.63) is 28.2 Å². The van der Waals surface area contributed by atoms with Crippen molar-refractivity contribution in [1.29, 1.82) is 0 Å². The summed E-state index contributed by atoms with van der Waals surface area (Å²) in [5.41, 5.74) is 5.62. The smallest absolute Gasteiger partial charge is 0.246 e. The minimum atomic E-state index is -3.96. The molecule has 0 radical (unpaired) electrons. The van der Waals surface area contributed by atoms with E-state index in [2.05, 4.69) is 15.9 Å². The van der Waals surface area contributed by atoms with Crippen LogP contribution in [0.3, 0.4) is 0 Å². The molecule has 1 aromatic carbocycles. The summed E-state index contributed by atoms with van der Waals surface area (Å²) in [6.45, 7) is 0.398. The summed E-state index contributed by atoms with van der Waals surface area (Å²) in [6.07, 6.45) is 0.531. The van der Waals surface area contributed by atoms with Crippen LogP contribution < -0.4 is 5.73 Å². The van der Waals surface area contributed by atoms with Gasteiger partial charge in [0.25, 0.3) is 0 Å². The van der Waals surface area contributed by atoms with Gasteiger partial charge < -0.3 is 5.73 Å². The third-order valence-corrected chi connectivity index (χ3v) is 5.27. The molecule has 1 heterocycles. The summed E-state index contributed by atoms with van der Waals surface area (Å²) in [5, 5.41) is 0. The Balaban J connectivity index is 0.00000180. The van der Waals surface area contributed by atoms with E-state index in [1.807, 2.05) is 0 Å². The van der Waals surface area contributed by atoms with Crippen LogP contribution in [0.1, 0.15) is 6.42 Å². The highest BCUT2D eigenvalue weighted by Gasteiger charge is 2.33. The molecule has 0 spiro atoms. The van der Waals surface area contributed by atoms with Gasteiger partial charge in [0.1, 0.15) is 16.5 Å². The second kappa shape index (κ2) is 6.01. The Kier molecular flexibility index (Phi) is 5.30. The first-order chi connectivity index (χ1) is 8.32. The van der Waals surface area contributed by atoms with Crippen LogP contribution in [0.15, 0.2) is 21.5 Å². The topological polar surface area (TPSA) is 63.4 Å². The fraction of sp³-hybridized carbons (Fsp3) is 0.400. The van der Waals surface area contributed by atoms with Crippen LogP contribution in [-0.2, 0) is 10.0 Å². The normalized spacial score (nSPS) is 20.3. The minimum Gasteiger partial charge on any atom is -0.326 e. The molecule has 108 valence electrons. The molecule has 1 fully saturated rings. The monoisotopic (exact) mass is 376 g/mol. The van der Waals surface area contributed by atoms with Gasteiger partial charge in [-0.15, -0.1) is 12.4 Å². The molecule has 19 heavy (non-hydrogen) atoms. The zero-order valence-corrected chi connectivity index (χ0v) is 12.9. The lowest BCUT2D eigenvalue weighted by atomic mass is 10.3. The van der Waals surface area contributed by atoms with Crippen LogP contribution in [-0.4, -0.2) is 31.9 Å². The van der Waals surface area contributed by atoms with E-state index in [9.17, 15) is 17.2 Å². The lowest BCUT2D eigenvalue weighted by Crippen LogP contribution is -2.32. The first-order valence-corrected chi connectivity index (χ1v) is 7.46. The Hall–Kier alpha value is -0.280. The summed E-state index contributed by atoms with van der Waals surface area (Å²) in [4.78, 5) is -0.537. The van der Waals surface area contributed by atoms with Crippen LogP contribution in [0.4, 0.5) is 8.78 Å². The van der Waals surface area contributed by atoms with Crippen molar-refractivity contribution < 1.29 is 17.2 Å². The number of rotatable bonds is 2. The van der Waals surface area contributed by atoms with Gasteiger partial charge >= 0.3 is 0 Å². The Morgan fingerprint density at radius 3 is 2.47 bits per heavy atom. The Morgan fingerprint density at radius 2 is 1.95 bits per heavy atom. The van der Waals surface area contributed by atoms with Gasteiger partial charge in [0.05, 0.1) is 4.47 Å². The molecule has 0 bridgehead atoms. The van der Waals surface area contributed by atoms with Gasteiger partial charge in [0.2, 0.25) is 10.0 Å². The highest BCUT2D eigenvalue weighted by molar-refractivity contribution is 9.10. The predicted molar refractivity (Wildman–Crippen MR) is 72.7 cm³/mol. The van der Waals surface area contributed by atoms with Crippen LogP contribution in [0, 0.1) is 11.6 Å². The van der Waals surface area contributed by atoms with E-state index >= 15 is 0 Å². The summed E-state index contributed by atoms with van der Waals surface area (Å²) in [7, 11) is -3.96. The van der Waals surface area contributed by atoms with Gasteiger partial charge in [-0.25, -0.2) is 17.2 Å². The third kappa shape index (κ3) is 3.25. The number of nitrogens with zero attached hydrogens (tertiary/aromatic N) is 1. The zero-order chi connectivity index (χ0) is 13.5. The lowest BCUT2D eigenvalue weighted by molar-refractivity contribution is 0.463. The molecule has 0 amide bonds. The number of benzene rings is 1. The molecule has 2 N–H and O–H groups in total. The standard InChI is InChI=1S/C10H11BrF2N2O2S.ClH/c11-7-3-10(9(13)4-8(7)12)18(16,17)15-2-1-6(14)5-15;/h3-4,6H,1-2,5,14H2;1H/t6-;/m0./s1. The molecule has 1 aromatic rings. The molecular formula is C10H12BrClF2N2O2S. The molecule has 1 saturated heterocycles. The SMILES string of the molecule is Cl.N[C@H]1CCN(S(=O)(=O)c2cc(Br)c(F)cc2F)C1. The Morgan fingerprint density at radius 1 is 1.32 bits per heavy atom. The van der Waals surface area contributed by atoms with E-state index in [1.165, 1.54) is 0 Å². The molecular weight excluding hydrogens is 366 g/mol. The van der Waals surface area contributed by atoms with E-state index in [1.54, 1.807) is 0 Å². The first kappa shape index (κ1) is 16.8. The number of hydrogen-bond acceptors (Lipinski definition) is 3. The van der Waals surface area contributed by atoms with Crippen LogP contribution in [0.5, 0.6) is 0 Å². The molecule has 1 aliphatic rings. The van der Waals surface area contributed by atoms with Crippen molar-refractivity contribution in [3.8, 4) is 0 Å². The molecule has 4 nitrogen and oxygen atoms in total. The number of halogens is 4. The highest BCUT2D eigenvalue weighted by atomic mass is 79.9. The molecule has 1 aliphatic heterocycles. The highest BCUT2D eigenvalue weighted by Crippen LogP contribution is 2.27. The van der Waals surface area contributed by atoms with Crippen molar-refractivity contribution in [1.82, 2.24) is 4.31 Å². The molecule has 9 heteroatoms. The summed E-state index contributed by atoms with van der Waals surface area (Å²) >= 11 is 2.84. The van der Waals surface area contributed by atoms with E-state index in [0.717, 1.165) is 10.4 Å². The van der Waals surface area contributed by atoms with E-state index in [-0.39, 0.29) is 36.0 Å². The maximum absolute atomic E-state index is 13.6. The quantitative estimate of drug-likeness (QED) is 0.800. The van der Waals surface area contributed by atoms with Crippen LogP contribution in [0.2, 0.25) is 0 Å². The van der Waals surface area contributed by atoms with E-state index in [4.69, 9.17) is 5.73 Å². The van der Waals surface area contributed by atoms with Gasteiger partial charge in [-0.1, -0.05) is 0 Å². The molecule has 2 rings (SSSR count). The average Bonchev–Trinajstić information content (AvgIpc) is 2.70. The predicted octanol–water partition coefficient (Wildman–Crippen LogP) is 1.87. The lowest BCUT2D eigenvalue weighted by Gasteiger charge is -2.16. The van der Waals surface area contributed by atoms with Crippen LogP contribution in [0.25, 0.3) is 0 Å². The molecule has 1 atom stereocenters. The number of nitrogens with two attached hydrogens (primary N) is 1. The molecule has 0 aliphatic carbocycles. The fourth-order valence-electron chi connectivity index (χ4n) is 1.81. The van der Waals surface area contributed by atoms with Gasteiger partial charge in [-0.05, 0) is 28.4 Å². The second-order valence-electron chi connectivity index (χ2n) is 4.11. The van der Waals surface area contributed by atoms with Crippen molar-refractivity contribution in [2.75, 3.05) is 13.1 Å². The van der Waals surface area contributed by atoms with Gasteiger partial charge in [0.15, 0.2) is 0 Å². The summed E-state index contributed by atoms with van der Waals surface area (Å²) in [5.74, 6) is -1.94. The van der Waals surface area contributed by atoms with Gasteiger partial charge in [0, 0.05) is 25.2 Å². The third-order valence-electron chi connectivity index (χ3n) is 2.78. The van der Waals surface area contributed by atoms with Crippen molar-refractivity contribution in [2.24, 2.45) is 5.73 Å². The van der Waals surface area contributed by atoms with Crippen molar-refractivity contribution in [3.63, 3.8) is 0 Å². The van der Waals surface area contributed by atoms with Gasteiger partial charge in [-0.3, -0.25) is 0 Å². The van der Waals surface area contributed by atoms with E-state index in [0.29, 0.717) is 12.5 Å². The molecule has 0 unspecified atom stereocenters. The largest absolute Gasteiger partial charge is 0.326 e. The summed E-state index contributed by atoms with van der Waals surface area (Å²) in [6, 6.07) is 1.24. The average molecular weight is 378 g/mol. The fourth-order valence-corrected chi connectivity index (χ4v) is 3.89. The van der Waals surface area contributed by atoms with E-state index < -0.39 is 26.6 Å². The number of hydrogen-bond donors (Lipinski definition) is 1. The number of sulfonamides is 1. The first-order valence-electron chi connectivity index (χ1n) is 5.22.